The molecule has 3 nitrogen and oxygen atoms in total. The molecule has 1 aromatic carbocycles. The highest BCUT2D eigenvalue weighted by atomic mass is 35.5. The molecule has 1 rings (SSSR count). The number of aryl methyl sites for hydroxylation is 1. The molecule has 0 amide bonds. The zero-order valence-corrected chi connectivity index (χ0v) is 11.8. The molecule has 0 aliphatic carbocycles. The lowest BCUT2D eigenvalue weighted by atomic mass is 10.2. The maximum atomic E-state index is 11.6. The van der Waals surface area contributed by atoms with Crippen molar-refractivity contribution >= 4 is 17.6 Å². The van der Waals surface area contributed by atoms with Crippen molar-refractivity contribution in [3.8, 4) is 5.75 Å². The Kier molecular flexibility index (Phi) is 6.16. The lowest BCUT2D eigenvalue weighted by Crippen LogP contribution is -2.13. The first-order chi connectivity index (χ1) is 8.49. The predicted molar refractivity (Wildman–Crippen MR) is 72.1 cm³/mol. The third-order valence-corrected chi connectivity index (χ3v) is 2.50. The van der Waals surface area contributed by atoms with Gasteiger partial charge in [-0.15, -0.1) is 0 Å². The molecule has 0 aromatic heterocycles. The van der Waals surface area contributed by atoms with E-state index in [-0.39, 0.29) is 12.4 Å². The Morgan fingerprint density at radius 3 is 2.72 bits per heavy atom. The molecule has 0 radical (unpaired) electrons. The third-order valence-electron chi connectivity index (χ3n) is 2.26. The summed E-state index contributed by atoms with van der Waals surface area (Å²) >= 11 is 5.83. The molecule has 0 aliphatic rings. The third kappa shape index (κ3) is 5.52. The fraction of sp³-hybridized carbons (Fsp3) is 0.500. The lowest BCUT2D eigenvalue weighted by molar-refractivity contribution is -0.135. The quantitative estimate of drug-likeness (QED) is 0.450. The Morgan fingerprint density at radius 2 is 2.11 bits per heavy atom. The van der Waals surface area contributed by atoms with Gasteiger partial charge in [0.25, 0.3) is 0 Å². The number of halogens is 1. The van der Waals surface area contributed by atoms with E-state index in [0.717, 1.165) is 5.56 Å². The minimum Gasteiger partial charge on any atom is -0.426 e. The van der Waals surface area contributed by atoms with E-state index in [0.29, 0.717) is 29.9 Å². The van der Waals surface area contributed by atoms with Crippen LogP contribution in [0.3, 0.4) is 0 Å². The predicted octanol–water partition coefficient (Wildman–Crippen LogP) is 3.62. The number of rotatable bonds is 6. The van der Waals surface area contributed by atoms with E-state index in [4.69, 9.17) is 21.1 Å². The molecule has 0 unspecified atom stereocenters. The van der Waals surface area contributed by atoms with Crippen molar-refractivity contribution in [2.45, 2.75) is 27.2 Å². The molecule has 0 saturated carbocycles. The van der Waals surface area contributed by atoms with E-state index in [1.165, 1.54) is 0 Å². The second kappa shape index (κ2) is 7.39. The summed E-state index contributed by atoms with van der Waals surface area (Å²) in [5.74, 6) is 0.733. The zero-order valence-electron chi connectivity index (χ0n) is 11.0. The Morgan fingerprint density at radius 1 is 1.39 bits per heavy atom. The van der Waals surface area contributed by atoms with Gasteiger partial charge in [-0.2, -0.15) is 0 Å². The summed E-state index contributed by atoms with van der Waals surface area (Å²) in [5, 5.41) is 0.632. The van der Waals surface area contributed by atoms with E-state index in [1.54, 1.807) is 18.2 Å². The maximum absolute atomic E-state index is 11.6. The van der Waals surface area contributed by atoms with Crippen LogP contribution in [-0.4, -0.2) is 19.2 Å². The smallest absolute Gasteiger partial charge is 0.313 e. The van der Waals surface area contributed by atoms with Crippen molar-refractivity contribution in [1.29, 1.82) is 0 Å². The van der Waals surface area contributed by atoms with Gasteiger partial charge in [-0.05, 0) is 36.6 Å². The van der Waals surface area contributed by atoms with E-state index in [2.05, 4.69) is 13.8 Å². The van der Waals surface area contributed by atoms with Crippen LogP contribution in [-0.2, 0) is 9.53 Å². The normalized spacial score (nSPS) is 10.7. The first kappa shape index (κ1) is 15.0. The first-order valence-electron chi connectivity index (χ1n) is 6.03. The van der Waals surface area contributed by atoms with Crippen molar-refractivity contribution in [3.05, 3.63) is 28.8 Å². The minimum absolute atomic E-state index is 0.259. The van der Waals surface area contributed by atoms with E-state index >= 15 is 0 Å². The van der Waals surface area contributed by atoms with Gasteiger partial charge in [0, 0.05) is 11.6 Å². The molecule has 0 fully saturated rings. The number of carbonyl (C=O) groups is 1. The number of benzene rings is 1. The van der Waals surface area contributed by atoms with Crippen LogP contribution in [0.5, 0.6) is 5.75 Å². The van der Waals surface area contributed by atoms with Crippen molar-refractivity contribution in [2.24, 2.45) is 5.92 Å². The molecule has 0 aliphatic heterocycles. The zero-order chi connectivity index (χ0) is 13.5. The monoisotopic (exact) mass is 270 g/mol. The highest BCUT2D eigenvalue weighted by Gasteiger charge is 2.07. The molecule has 0 heterocycles. The molecule has 0 N–H and O–H groups in total. The number of hydrogen-bond acceptors (Lipinski definition) is 3. The summed E-state index contributed by atoms with van der Waals surface area (Å²) in [4.78, 5) is 11.6. The summed E-state index contributed by atoms with van der Waals surface area (Å²) in [6.45, 7) is 7.03. The molecule has 0 saturated heterocycles. The summed E-state index contributed by atoms with van der Waals surface area (Å²) in [5.41, 5.74) is 0.846. The average molecular weight is 271 g/mol. The number of carbonyl (C=O) groups excluding carboxylic acids is 1. The van der Waals surface area contributed by atoms with Gasteiger partial charge in [-0.25, -0.2) is 0 Å². The summed E-state index contributed by atoms with van der Waals surface area (Å²) in [6, 6.07) is 5.16. The Hall–Kier alpha value is -1.06. The molecule has 4 heteroatoms. The van der Waals surface area contributed by atoms with E-state index in [9.17, 15) is 4.79 Å². The standard InChI is InChI=1S/C14H19ClO3/c1-10(2)9-17-7-6-14(16)18-13-5-4-12(15)8-11(13)3/h4-5,8,10H,6-7,9H2,1-3H3. The number of hydrogen-bond donors (Lipinski definition) is 0. The van der Waals surface area contributed by atoms with Gasteiger partial charge in [-0.3, -0.25) is 4.79 Å². The second-order valence-corrected chi connectivity index (χ2v) is 5.04. The van der Waals surface area contributed by atoms with Crippen molar-refractivity contribution < 1.29 is 14.3 Å². The molecular weight excluding hydrogens is 252 g/mol. The first-order valence-corrected chi connectivity index (χ1v) is 6.41. The van der Waals surface area contributed by atoms with E-state index < -0.39 is 0 Å². The van der Waals surface area contributed by atoms with Crippen LogP contribution in [0.2, 0.25) is 5.02 Å². The topological polar surface area (TPSA) is 35.5 Å². The molecular formula is C14H19ClO3. The molecule has 100 valence electrons. The van der Waals surface area contributed by atoms with Gasteiger partial charge >= 0.3 is 5.97 Å². The maximum Gasteiger partial charge on any atom is 0.313 e. The molecule has 18 heavy (non-hydrogen) atoms. The van der Waals surface area contributed by atoms with Crippen LogP contribution in [0.25, 0.3) is 0 Å². The van der Waals surface area contributed by atoms with Crippen LogP contribution in [0.15, 0.2) is 18.2 Å². The highest BCUT2D eigenvalue weighted by molar-refractivity contribution is 6.30. The van der Waals surface area contributed by atoms with Crippen LogP contribution < -0.4 is 4.74 Å². The largest absolute Gasteiger partial charge is 0.426 e. The van der Waals surface area contributed by atoms with E-state index in [1.807, 2.05) is 6.92 Å². The van der Waals surface area contributed by atoms with Gasteiger partial charge in [0.15, 0.2) is 0 Å². The van der Waals surface area contributed by atoms with Gasteiger partial charge in [0.05, 0.1) is 13.0 Å². The number of esters is 1. The Labute approximate surface area is 113 Å². The Balaban J connectivity index is 2.35. The van der Waals surface area contributed by atoms with Crippen molar-refractivity contribution in [2.75, 3.05) is 13.2 Å². The second-order valence-electron chi connectivity index (χ2n) is 4.60. The fourth-order valence-electron chi connectivity index (χ4n) is 1.38. The van der Waals surface area contributed by atoms with Crippen LogP contribution in [0, 0.1) is 12.8 Å². The fourth-order valence-corrected chi connectivity index (χ4v) is 1.60. The lowest BCUT2D eigenvalue weighted by Gasteiger charge is -2.08. The average Bonchev–Trinajstić information content (AvgIpc) is 2.28. The van der Waals surface area contributed by atoms with Crippen LogP contribution in [0.4, 0.5) is 0 Å². The summed E-state index contributed by atoms with van der Waals surface area (Å²) < 4.78 is 10.6. The van der Waals surface area contributed by atoms with Crippen molar-refractivity contribution in [3.63, 3.8) is 0 Å². The molecule has 1 aromatic rings. The van der Waals surface area contributed by atoms with Gasteiger partial charge in [-0.1, -0.05) is 25.4 Å². The summed E-state index contributed by atoms with van der Waals surface area (Å²) in [6.07, 6.45) is 0.259. The van der Waals surface area contributed by atoms with Crippen LogP contribution in [0.1, 0.15) is 25.8 Å². The molecule has 0 atom stereocenters. The SMILES string of the molecule is Cc1cc(Cl)ccc1OC(=O)CCOCC(C)C. The highest BCUT2D eigenvalue weighted by Crippen LogP contribution is 2.22. The van der Waals surface area contributed by atoms with Crippen LogP contribution >= 0.6 is 11.6 Å². The number of ether oxygens (including phenoxy) is 2. The summed E-state index contributed by atoms with van der Waals surface area (Å²) in [7, 11) is 0. The Bertz CT molecular complexity index is 402. The molecule has 0 bridgehead atoms. The molecule has 0 spiro atoms. The van der Waals surface area contributed by atoms with Gasteiger partial charge < -0.3 is 9.47 Å². The van der Waals surface area contributed by atoms with Crippen molar-refractivity contribution in [1.82, 2.24) is 0 Å². The van der Waals surface area contributed by atoms with Gasteiger partial charge in [0.2, 0.25) is 0 Å². The minimum atomic E-state index is -0.288. The van der Waals surface area contributed by atoms with Gasteiger partial charge in [0.1, 0.15) is 5.75 Å².